The molecule has 0 aliphatic carbocycles. The Labute approximate surface area is 153 Å². The number of aromatic nitrogens is 3. The number of hydrogen-bond acceptors (Lipinski definition) is 5. The minimum Gasteiger partial charge on any atom is -0.465 e. The van der Waals surface area contributed by atoms with E-state index in [0.717, 1.165) is 36.8 Å². The van der Waals surface area contributed by atoms with Crippen LogP contribution >= 0.6 is 0 Å². The standard InChI is InChI=1S/C20H24N4O2/c1-15-8-9-18(26-15)11-24-10-17(20-19(12-24)21-22-23(20)2)14-25-13-16-6-4-3-5-7-16/h3-9,17H,10-14H2,1-2H3/t17-/m0/s1. The van der Waals surface area contributed by atoms with Crippen LogP contribution in [-0.4, -0.2) is 33.0 Å². The van der Waals surface area contributed by atoms with Gasteiger partial charge in [0.05, 0.1) is 25.5 Å². The van der Waals surface area contributed by atoms with Crippen LogP contribution in [0.4, 0.5) is 0 Å². The van der Waals surface area contributed by atoms with E-state index in [9.17, 15) is 0 Å². The number of rotatable bonds is 6. The van der Waals surface area contributed by atoms with Crippen molar-refractivity contribution in [2.24, 2.45) is 7.05 Å². The molecular formula is C20H24N4O2. The molecule has 1 atom stereocenters. The molecule has 2 aromatic heterocycles. The van der Waals surface area contributed by atoms with E-state index < -0.39 is 0 Å². The predicted octanol–water partition coefficient (Wildman–Crippen LogP) is 3.03. The van der Waals surface area contributed by atoms with Gasteiger partial charge in [-0.2, -0.15) is 0 Å². The summed E-state index contributed by atoms with van der Waals surface area (Å²) < 4.78 is 13.7. The molecule has 0 saturated carbocycles. The SMILES string of the molecule is Cc1ccc(CN2Cc3nnn(C)c3[C@H](COCc3ccccc3)C2)o1. The van der Waals surface area contributed by atoms with Crippen molar-refractivity contribution in [3.63, 3.8) is 0 Å². The fraction of sp³-hybridized carbons (Fsp3) is 0.400. The highest BCUT2D eigenvalue weighted by atomic mass is 16.5. The monoisotopic (exact) mass is 352 g/mol. The quantitative estimate of drug-likeness (QED) is 0.682. The molecule has 6 nitrogen and oxygen atoms in total. The second kappa shape index (κ2) is 7.43. The molecule has 0 unspecified atom stereocenters. The maximum Gasteiger partial charge on any atom is 0.118 e. The van der Waals surface area contributed by atoms with E-state index in [0.29, 0.717) is 13.2 Å². The number of furan rings is 1. The minimum atomic E-state index is 0.249. The molecule has 26 heavy (non-hydrogen) atoms. The summed E-state index contributed by atoms with van der Waals surface area (Å²) in [5.41, 5.74) is 3.41. The van der Waals surface area contributed by atoms with Crippen LogP contribution in [0, 0.1) is 6.92 Å². The van der Waals surface area contributed by atoms with E-state index in [-0.39, 0.29) is 5.92 Å². The van der Waals surface area contributed by atoms with E-state index in [1.165, 1.54) is 11.3 Å². The lowest BCUT2D eigenvalue weighted by Crippen LogP contribution is -2.35. The zero-order chi connectivity index (χ0) is 17.9. The Hall–Kier alpha value is -2.44. The Balaban J connectivity index is 1.44. The molecule has 3 aromatic rings. The fourth-order valence-corrected chi connectivity index (χ4v) is 3.63. The first-order chi connectivity index (χ1) is 12.7. The third-order valence-electron chi connectivity index (χ3n) is 4.79. The van der Waals surface area contributed by atoms with Gasteiger partial charge in [-0.15, -0.1) is 5.10 Å². The summed E-state index contributed by atoms with van der Waals surface area (Å²) >= 11 is 0. The van der Waals surface area contributed by atoms with Gasteiger partial charge >= 0.3 is 0 Å². The van der Waals surface area contributed by atoms with Crippen LogP contribution in [0.25, 0.3) is 0 Å². The summed E-state index contributed by atoms with van der Waals surface area (Å²) in [6, 6.07) is 14.3. The van der Waals surface area contributed by atoms with Gasteiger partial charge in [0.25, 0.3) is 0 Å². The second-order valence-electron chi connectivity index (χ2n) is 6.92. The lowest BCUT2D eigenvalue weighted by Gasteiger charge is -2.31. The van der Waals surface area contributed by atoms with E-state index in [1.807, 2.05) is 49.0 Å². The molecule has 0 spiro atoms. The average Bonchev–Trinajstić information content (AvgIpc) is 3.22. The molecule has 0 radical (unpaired) electrons. The van der Waals surface area contributed by atoms with Gasteiger partial charge in [0, 0.05) is 26.1 Å². The Morgan fingerprint density at radius 3 is 2.81 bits per heavy atom. The maximum atomic E-state index is 6.02. The zero-order valence-electron chi connectivity index (χ0n) is 15.3. The van der Waals surface area contributed by atoms with Crippen LogP contribution in [0.5, 0.6) is 0 Å². The largest absolute Gasteiger partial charge is 0.465 e. The number of ether oxygens (including phenoxy) is 1. The van der Waals surface area contributed by atoms with E-state index in [2.05, 4.69) is 27.3 Å². The van der Waals surface area contributed by atoms with Crippen molar-refractivity contribution in [3.05, 3.63) is 70.9 Å². The molecule has 1 aliphatic rings. The van der Waals surface area contributed by atoms with Gasteiger partial charge < -0.3 is 9.15 Å². The van der Waals surface area contributed by atoms with E-state index >= 15 is 0 Å². The third-order valence-corrected chi connectivity index (χ3v) is 4.79. The van der Waals surface area contributed by atoms with Crippen molar-refractivity contribution < 1.29 is 9.15 Å². The summed E-state index contributed by atoms with van der Waals surface area (Å²) in [5.74, 6) is 2.18. The van der Waals surface area contributed by atoms with Gasteiger partial charge in [-0.05, 0) is 24.6 Å². The molecule has 0 bridgehead atoms. The minimum absolute atomic E-state index is 0.249. The molecule has 1 aliphatic heterocycles. The normalized spacial score (nSPS) is 17.4. The van der Waals surface area contributed by atoms with Crippen LogP contribution in [0.15, 0.2) is 46.9 Å². The Morgan fingerprint density at radius 1 is 1.19 bits per heavy atom. The van der Waals surface area contributed by atoms with Crippen LogP contribution in [0.1, 0.15) is 34.4 Å². The smallest absolute Gasteiger partial charge is 0.118 e. The average molecular weight is 352 g/mol. The molecule has 0 amide bonds. The molecule has 3 heterocycles. The highest BCUT2D eigenvalue weighted by Crippen LogP contribution is 2.28. The molecule has 4 rings (SSSR count). The van der Waals surface area contributed by atoms with Crippen molar-refractivity contribution in [1.29, 1.82) is 0 Å². The highest BCUT2D eigenvalue weighted by Gasteiger charge is 2.30. The van der Waals surface area contributed by atoms with Gasteiger partial charge in [-0.25, -0.2) is 0 Å². The van der Waals surface area contributed by atoms with Crippen molar-refractivity contribution in [1.82, 2.24) is 19.9 Å². The lowest BCUT2D eigenvalue weighted by atomic mass is 9.99. The van der Waals surface area contributed by atoms with Crippen molar-refractivity contribution in [3.8, 4) is 0 Å². The molecule has 1 aromatic carbocycles. The first-order valence-electron chi connectivity index (χ1n) is 8.97. The summed E-state index contributed by atoms with van der Waals surface area (Å²) in [6.45, 7) is 5.72. The number of aryl methyl sites for hydroxylation is 2. The Morgan fingerprint density at radius 2 is 2.04 bits per heavy atom. The number of fused-ring (bicyclic) bond motifs is 1. The van der Waals surface area contributed by atoms with Gasteiger partial charge in [0.1, 0.15) is 17.2 Å². The molecule has 0 N–H and O–H groups in total. The van der Waals surface area contributed by atoms with Gasteiger partial charge in [0.2, 0.25) is 0 Å². The van der Waals surface area contributed by atoms with Crippen LogP contribution in [0.3, 0.4) is 0 Å². The fourth-order valence-electron chi connectivity index (χ4n) is 3.63. The Kier molecular flexibility index (Phi) is 4.86. The van der Waals surface area contributed by atoms with Crippen LogP contribution in [-0.2, 0) is 31.5 Å². The van der Waals surface area contributed by atoms with Crippen molar-refractivity contribution in [2.75, 3.05) is 13.2 Å². The third kappa shape index (κ3) is 3.71. The number of hydrogen-bond donors (Lipinski definition) is 0. The first-order valence-corrected chi connectivity index (χ1v) is 8.97. The van der Waals surface area contributed by atoms with Crippen molar-refractivity contribution >= 4 is 0 Å². The van der Waals surface area contributed by atoms with Gasteiger partial charge in [-0.1, -0.05) is 35.5 Å². The topological polar surface area (TPSA) is 56.3 Å². The Bertz CT molecular complexity index is 856. The summed E-state index contributed by atoms with van der Waals surface area (Å²) in [7, 11) is 1.96. The van der Waals surface area contributed by atoms with E-state index in [1.54, 1.807) is 0 Å². The van der Waals surface area contributed by atoms with Crippen LogP contribution < -0.4 is 0 Å². The van der Waals surface area contributed by atoms with Gasteiger partial charge in [-0.3, -0.25) is 9.58 Å². The predicted molar refractivity (Wildman–Crippen MR) is 97.4 cm³/mol. The first kappa shape index (κ1) is 17.0. The summed E-state index contributed by atoms with van der Waals surface area (Å²) in [5, 5.41) is 8.58. The van der Waals surface area contributed by atoms with Crippen molar-refractivity contribution in [2.45, 2.75) is 32.5 Å². The summed E-state index contributed by atoms with van der Waals surface area (Å²) in [4.78, 5) is 2.35. The molecule has 6 heteroatoms. The second-order valence-corrected chi connectivity index (χ2v) is 6.92. The molecule has 136 valence electrons. The van der Waals surface area contributed by atoms with E-state index in [4.69, 9.17) is 9.15 Å². The molecular weight excluding hydrogens is 328 g/mol. The maximum absolute atomic E-state index is 6.02. The molecule has 0 saturated heterocycles. The van der Waals surface area contributed by atoms with Crippen LogP contribution in [0.2, 0.25) is 0 Å². The lowest BCUT2D eigenvalue weighted by molar-refractivity contribution is 0.0813. The van der Waals surface area contributed by atoms with Gasteiger partial charge in [0.15, 0.2) is 0 Å². The number of benzene rings is 1. The summed E-state index contributed by atoms with van der Waals surface area (Å²) in [6.07, 6.45) is 0. The zero-order valence-corrected chi connectivity index (χ0v) is 15.3. The highest BCUT2D eigenvalue weighted by molar-refractivity contribution is 5.20. The number of nitrogens with zero attached hydrogens (tertiary/aromatic N) is 4. The molecule has 0 fully saturated rings.